The summed E-state index contributed by atoms with van der Waals surface area (Å²) in [4.78, 5) is 22.0. The Bertz CT molecular complexity index is 464. The number of amides is 2. The summed E-state index contributed by atoms with van der Waals surface area (Å²) in [5.74, 6) is -1.13. The molecule has 5 nitrogen and oxygen atoms in total. The minimum absolute atomic E-state index is 0.00441. The average Bonchev–Trinajstić information content (AvgIpc) is 2.29. The van der Waals surface area contributed by atoms with E-state index in [0.29, 0.717) is 5.56 Å². The van der Waals surface area contributed by atoms with E-state index in [1.54, 1.807) is 6.92 Å². The molecule has 0 aromatic heterocycles. The maximum absolute atomic E-state index is 11.9. The number of hydrogen-bond donors (Lipinski definition) is 3. The lowest BCUT2D eigenvalue weighted by Gasteiger charge is -2.10. The molecule has 3 N–H and O–H groups in total. The van der Waals surface area contributed by atoms with Crippen LogP contribution < -0.4 is 10.6 Å². The van der Waals surface area contributed by atoms with E-state index >= 15 is 0 Å². The van der Waals surface area contributed by atoms with E-state index in [-0.39, 0.29) is 11.3 Å². The van der Waals surface area contributed by atoms with Gasteiger partial charge >= 0.3 is 12.0 Å². The number of alkyl halides is 2. The molecule has 0 spiro atoms. The van der Waals surface area contributed by atoms with Crippen LogP contribution in [-0.2, 0) is 0 Å². The van der Waals surface area contributed by atoms with Crippen LogP contribution in [0.1, 0.15) is 15.9 Å². The van der Waals surface area contributed by atoms with Crippen molar-refractivity contribution in [3.8, 4) is 0 Å². The fourth-order valence-corrected chi connectivity index (χ4v) is 1.23. The Hall–Kier alpha value is -2.18. The van der Waals surface area contributed by atoms with Gasteiger partial charge in [0, 0.05) is 5.69 Å². The first-order chi connectivity index (χ1) is 8.40. The Morgan fingerprint density at radius 3 is 2.61 bits per heavy atom. The summed E-state index contributed by atoms with van der Waals surface area (Å²) in [5, 5.41) is 13.1. The first-order valence-electron chi connectivity index (χ1n) is 5.07. The second-order valence-electron chi connectivity index (χ2n) is 3.56. The predicted molar refractivity (Wildman–Crippen MR) is 61.2 cm³/mol. The van der Waals surface area contributed by atoms with Crippen molar-refractivity contribution in [2.75, 3.05) is 11.9 Å². The molecule has 0 aliphatic heterocycles. The van der Waals surface area contributed by atoms with Crippen LogP contribution in [0.25, 0.3) is 0 Å². The van der Waals surface area contributed by atoms with Gasteiger partial charge in [-0.05, 0) is 24.6 Å². The molecule has 0 fully saturated rings. The van der Waals surface area contributed by atoms with E-state index in [0.717, 1.165) is 0 Å². The van der Waals surface area contributed by atoms with Crippen molar-refractivity contribution in [1.29, 1.82) is 0 Å². The smallest absolute Gasteiger partial charge is 0.335 e. The summed E-state index contributed by atoms with van der Waals surface area (Å²) >= 11 is 0. The van der Waals surface area contributed by atoms with Gasteiger partial charge in [-0.15, -0.1) is 0 Å². The van der Waals surface area contributed by atoms with Crippen LogP contribution in [-0.4, -0.2) is 30.1 Å². The lowest BCUT2D eigenvalue weighted by atomic mass is 10.1. The van der Waals surface area contributed by atoms with E-state index in [9.17, 15) is 18.4 Å². The highest BCUT2D eigenvalue weighted by Crippen LogP contribution is 2.16. The largest absolute Gasteiger partial charge is 0.478 e. The molecule has 7 heteroatoms. The molecule has 1 rings (SSSR count). The number of benzene rings is 1. The standard InChI is InChI=1S/C11H12F2N2O3/c1-6-2-3-7(10(16)17)4-8(6)15-11(18)14-5-9(12)13/h2-4,9H,5H2,1H3,(H,16,17)(H2,14,15,18). The van der Waals surface area contributed by atoms with Gasteiger partial charge in [0.25, 0.3) is 6.43 Å². The van der Waals surface area contributed by atoms with Gasteiger partial charge in [0.15, 0.2) is 0 Å². The highest BCUT2D eigenvalue weighted by molar-refractivity contribution is 5.93. The lowest BCUT2D eigenvalue weighted by Crippen LogP contribution is -2.32. The number of anilines is 1. The van der Waals surface area contributed by atoms with Gasteiger partial charge in [-0.2, -0.15) is 0 Å². The fraction of sp³-hybridized carbons (Fsp3) is 0.273. The molecule has 0 aliphatic carbocycles. The van der Waals surface area contributed by atoms with Gasteiger partial charge < -0.3 is 15.7 Å². The van der Waals surface area contributed by atoms with Gasteiger partial charge in [0.2, 0.25) is 0 Å². The van der Waals surface area contributed by atoms with Crippen LogP contribution in [0.15, 0.2) is 18.2 Å². The number of hydrogen-bond acceptors (Lipinski definition) is 2. The zero-order valence-corrected chi connectivity index (χ0v) is 9.54. The number of carboxylic acids is 1. The molecule has 18 heavy (non-hydrogen) atoms. The summed E-state index contributed by atoms with van der Waals surface area (Å²) < 4.78 is 23.7. The Balaban J connectivity index is 2.74. The SMILES string of the molecule is Cc1ccc(C(=O)O)cc1NC(=O)NCC(F)F. The van der Waals surface area contributed by atoms with Crippen LogP contribution in [0.4, 0.5) is 19.3 Å². The predicted octanol–water partition coefficient (Wildman–Crippen LogP) is 2.08. The second-order valence-corrected chi connectivity index (χ2v) is 3.56. The molecule has 0 radical (unpaired) electrons. The highest BCUT2D eigenvalue weighted by atomic mass is 19.3. The summed E-state index contributed by atoms with van der Waals surface area (Å²) in [6, 6.07) is 3.37. The molecule has 98 valence electrons. The number of nitrogens with one attached hydrogen (secondary N) is 2. The summed E-state index contributed by atoms with van der Waals surface area (Å²) in [5.41, 5.74) is 0.902. The molecule has 0 aliphatic rings. The van der Waals surface area contributed by atoms with E-state index in [1.807, 2.05) is 5.32 Å². The van der Waals surface area contributed by atoms with Gasteiger partial charge in [-0.1, -0.05) is 6.07 Å². The zero-order valence-electron chi connectivity index (χ0n) is 9.54. The first kappa shape index (κ1) is 13.9. The quantitative estimate of drug-likeness (QED) is 0.773. The van der Waals surface area contributed by atoms with Crippen LogP contribution in [0.5, 0.6) is 0 Å². The Morgan fingerprint density at radius 2 is 2.06 bits per heavy atom. The molecule has 0 heterocycles. The van der Waals surface area contributed by atoms with E-state index in [2.05, 4.69) is 5.32 Å². The highest BCUT2D eigenvalue weighted by Gasteiger charge is 2.10. The van der Waals surface area contributed by atoms with Crippen molar-refractivity contribution in [2.24, 2.45) is 0 Å². The number of carboxylic acid groups (broad SMARTS) is 1. The van der Waals surface area contributed by atoms with Gasteiger partial charge in [-0.25, -0.2) is 18.4 Å². The Labute approximate surface area is 102 Å². The lowest BCUT2D eigenvalue weighted by molar-refractivity contribution is 0.0697. The van der Waals surface area contributed by atoms with Crippen molar-refractivity contribution >= 4 is 17.7 Å². The number of urea groups is 1. The first-order valence-corrected chi connectivity index (χ1v) is 5.07. The van der Waals surface area contributed by atoms with E-state index in [1.165, 1.54) is 18.2 Å². The minimum Gasteiger partial charge on any atom is -0.478 e. The second kappa shape index (κ2) is 5.95. The minimum atomic E-state index is -2.64. The van der Waals surface area contributed by atoms with Crippen molar-refractivity contribution in [2.45, 2.75) is 13.3 Å². The maximum Gasteiger partial charge on any atom is 0.335 e. The Kier molecular flexibility index (Phi) is 4.59. The van der Waals surface area contributed by atoms with Gasteiger partial charge in [-0.3, -0.25) is 0 Å². The molecule has 0 unspecified atom stereocenters. The van der Waals surface area contributed by atoms with E-state index < -0.39 is 25.0 Å². The van der Waals surface area contributed by atoms with Crippen molar-refractivity contribution < 1.29 is 23.5 Å². The summed E-state index contributed by atoms with van der Waals surface area (Å²) in [6.07, 6.45) is -2.64. The molecule has 2 amide bonds. The van der Waals surface area contributed by atoms with Crippen LogP contribution in [0, 0.1) is 6.92 Å². The maximum atomic E-state index is 11.9. The van der Waals surface area contributed by atoms with Crippen molar-refractivity contribution in [3.05, 3.63) is 29.3 Å². The van der Waals surface area contributed by atoms with Crippen molar-refractivity contribution in [1.82, 2.24) is 5.32 Å². The molecular formula is C11H12F2N2O3. The topological polar surface area (TPSA) is 78.4 Å². The number of aryl methyl sites for hydroxylation is 1. The monoisotopic (exact) mass is 258 g/mol. The number of halogens is 2. The third-order valence-electron chi connectivity index (χ3n) is 2.15. The fourth-order valence-electron chi connectivity index (χ4n) is 1.23. The van der Waals surface area contributed by atoms with Crippen molar-refractivity contribution in [3.63, 3.8) is 0 Å². The molecule has 0 bridgehead atoms. The van der Waals surface area contributed by atoms with Crippen LogP contribution >= 0.6 is 0 Å². The van der Waals surface area contributed by atoms with E-state index in [4.69, 9.17) is 5.11 Å². The number of rotatable bonds is 4. The molecule has 1 aromatic rings. The van der Waals surface area contributed by atoms with Crippen LogP contribution in [0.2, 0.25) is 0 Å². The molecule has 0 saturated carbocycles. The van der Waals surface area contributed by atoms with Crippen LogP contribution in [0.3, 0.4) is 0 Å². The number of carbonyl (C=O) groups is 2. The molecular weight excluding hydrogens is 246 g/mol. The molecule has 1 aromatic carbocycles. The summed E-state index contributed by atoms with van der Waals surface area (Å²) in [6.45, 7) is 0.901. The van der Waals surface area contributed by atoms with Gasteiger partial charge in [0.05, 0.1) is 12.1 Å². The average molecular weight is 258 g/mol. The molecule has 0 saturated heterocycles. The summed E-state index contributed by atoms with van der Waals surface area (Å²) in [7, 11) is 0. The van der Waals surface area contributed by atoms with Gasteiger partial charge in [0.1, 0.15) is 0 Å². The normalized spacial score (nSPS) is 10.2. The number of carbonyl (C=O) groups excluding carboxylic acids is 1. The Morgan fingerprint density at radius 1 is 1.39 bits per heavy atom. The molecule has 0 atom stereocenters. The zero-order chi connectivity index (χ0) is 13.7. The third kappa shape index (κ3) is 4.00. The third-order valence-corrected chi connectivity index (χ3v) is 2.15. The number of aromatic carboxylic acids is 1.